The first-order valence-electron chi connectivity index (χ1n) is 7.59. The third-order valence-electron chi connectivity index (χ3n) is 3.60. The number of ether oxygens (including phenoxy) is 2. The molecule has 1 aliphatic rings. The highest BCUT2D eigenvalue weighted by molar-refractivity contribution is 5.65. The molecule has 2 N–H and O–H groups in total. The van der Waals surface area contributed by atoms with Gasteiger partial charge in [0.15, 0.2) is 11.5 Å². The van der Waals surface area contributed by atoms with Gasteiger partial charge in [-0.2, -0.15) is 0 Å². The van der Waals surface area contributed by atoms with E-state index in [0.717, 1.165) is 28.7 Å². The zero-order chi connectivity index (χ0) is 16.4. The maximum absolute atomic E-state index is 5.38. The van der Waals surface area contributed by atoms with Crippen LogP contribution in [0, 0.1) is 6.92 Å². The smallest absolute Gasteiger partial charge is 0.231 e. The van der Waals surface area contributed by atoms with Gasteiger partial charge in [-0.3, -0.25) is 0 Å². The minimum Gasteiger partial charge on any atom is -0.454 e. The van der Waals surface area contributed by atoms with Gasteiger partial charge in [0.05, 0.1) is 0 Å². The van der Waals surface area contributed by atoms with Crippen molar-refractivity contribution < 1.29 is 9.47 Å². The van der Waals surface area contributed by atoms with E-state index < -0.39 is 0 Å². The van der Waals surface area contributed by atoms with Crippen LogP contribution in [0.4, 0.5) is 23.0 Å². The van der Waals surface area contributed by atoms with Crippen molar-refractivity contribution in [1.82, 2.24) is 9.97 Å². The molecule has 2 heterocycles. The third kappa shape index (κ3) is 3.08. The average molecular weight is 320 g/mol. The predicted octanol–water partition coefficient (Wildman–Crippen LogP) is 4.00. The van der Waals surface area contributed by atoms with Crippen LogP contribution in [-0.2, 0) is 0 Å². The topological polar surface area (TPSA) is 68.3 Å². The molecule has 4 rings (SSSR count). The fraction of sp³-hybridized carbons (Fsp3) is 0.111. The molecular formula is C18H16N4O2. The van der Waals surface area contributed by atoms with Gasteiger partial charge in [-0.1, -0.05) is 12.1 Å². The molecule has 0 fully saturated rings. The van der Waals surface area contributed by atoms with E-state index in [1.54, 1.807) is 0 Å². The van der Waals surface area contributed by atoms with E-state index in [4.69, 9.17) is 9.47 Å². The molecule has 24 heavy (non-hydrogen) atoms. The lowest BCUT2D eigenvalue weighted by molar-refractivity contribution is 0.174. The number of aromatic nitrogens is 2. The van der Waals surface area contributed by atoms with E-state index in [2.05, 4.69) is 39.7 Å². The molecule has 1 aliphatic heterocycles. The number of nitrogens with one attached hydrogen (secondary N) is 2. The largest absolute Gasteiger partial charge is 0.454 e. The van der Waals surface area contributed by atoms with Crippen molar-refractivity contribution in [2.24, 2.45) is 0 Å². The van der Waals surface area contributed by atoms with Crippen LogP contribution in [0.5, 0.6) is 11.5 Å². The molecule has 0 aliphatic carbocycles. The quantitative estimate of drug-likeness (QED) is 0.757. The maximum Gasteiger partial charge on any atom is 0.231 e. The summed E-state index contributed by atoms with van der Waals surface area (Å²) >= 11 is 0. The SMILES string of the molecule is Cc1cccc(Nc2cc(Nc3ccc4c(c3)OCO4)ncn2)c1. The molecule has 0 saturated carbocycles. The van der Waals surface area contributed by atoms with Gasteiger partial charge in [0.25, 0.3) is 0 Å². The Morgan fingerprint density at radius 2 is 1.58 bits per heavy atom. The summed E-state index contributed by atoms with van der Waals surface area (Å²) < 4.78 is 10.7. The van der Waals surface area contributed by atoms with Crippen molar-refractivity contribution >= 4 is 23.0 Å². The van der Waals surface area contributed by atoms with E-state index in [1.807, 2.05) is 36.4 Å². The van der Waals surface area contributed by atoms with E-state index in [-0.39, 0.29) is 6.79 Å². The molecule has 0 bridgehead atoms. The fourth-order valence-electron chi connectivity index (χ4n) is 2.49. The molecule has 6 heteroatoms. The lowest BCUT2D eigenvalue weighted by Crippen LogP contribution is -1.98. The first kappa shape index (κ1) is 14.3. The second-order valence-electron chi connectivity index (χ2n) is 5.48. The Balaban J connectivity index is 1.52. The van der Waals surface area contributed by atoms with Gasteiger partial charge in [-0.25, -0.2) is 9.97 Å². The Morgan fingerprint density at radius 1 is 0.833 bits per heavy atom. The van der Waals surface area contributed by atoms with Crippen LogP contribution in [0.15, 0.2) is 54.9 Å². The van der Waals surface area contributed by atoms with Crippen LogP contribution in [0.1, 0.15) is 5.56 Å². The minimum absolute atomic E-state index is 0.261. The summed E-state index contributed by atoms with van der Waals surface area (Å²) in [5, 5.41) is 6.52. The van der Waals surface area contributed by atoms with Gasteiger partial charge in [0, 0.05) is 23.5 Å². The first-order chi connectivity index (χ1) is 11.8. The van der Waals surface area contributed by atoms with Crippen LogP contribution >= 0.6 is 0 Å². The Kier molecular flexibility index (Phi) is 3.63. The Bertz CT molecular complexity index is 882. The lowest BCUT2D eigenvalue weighted by Gasteiger charge is -2.09. The lowest BCUT2D eigenvalue weighted by atomic mass is 10.2. The van der Waals surface area contributed by atoms with Crippen molar-refractivity contribution in [2.45, 2.75) is 6.92 Å². The van der Waals surface area contributed by atoms with Crippen molar-refractivity contribution in [3.8, 4) is 11.5 Å². The van der Waals surface area contributed by atoms with E-state index in [9.17, 15) is 0 Å². The highest BCUT2D eigenvalue weighted by Gasteiger charge is 2.13. The van der Waals surface area contributed by atoms with Crippen LogP contribution in [-0.4, -0.2) is 16.8 Å². The summed E-state index contributed by atoms with van der Waals surface area (Å²) in [5.41, 5.74) is 3.05. The highest BCUT2D eigenvalue weighted by Crippen LogP contribution is 2.35. The summed E-state index contributed by atoms with van der Waals surface area (Å²) in [7, 11) is 0. The number of hydrogen-bond donors (Lipinski definition) is 2. The zero-order valence-electron chi connectivity index (χ0n) is 13.1. The number of anilines is 4. The fourth-order valence-corrected chi connectivity index (χ4v) is 2.49. The Labute approximate surface area is 139 Å². The van der Waals surface area contributed by atoms with Gasteiger partial charge in [0.1, 0.15) is 18.0 Å². The van der Waals surface area contributed by atoms with Crippen LogP contribution < -0.4 is 20.1 Å². The number of nitrogens with zero attached hydrogens (tertiary/aromatic N) is 2. The molecule has 120 valence electrons. The molecule has 0 saturated heterocycles. The standard InChI is InChI=1S/C18H16N4O2/c1-12-3-2-4-13(7-12)21-17-9-18(20-10-19-17)22-14-5-6-15-16(8-14)24-11-23-15/h2-10H,11H2,1H3,(H2,19,20,21,22). The van der Waals surface area contributed by atoms with Crippen molar-refractivity contribution in [2.75, 3.05) is 17.4 Å². The Hall–Kier alpha value is -3.28. The number of benzene rings is 2. The second kappa shape index (κ2) is 6.08. The third-order valence-corrected chi connectivity index (χ3v) is 3.60. The molecule has 1 aromatic heterocycles. The van der Waals surface area contributed by atoms with Crippen LogP contribution in [0.25, 0.3) is 0 Å². The summed E-state index contributed by atoms with van der Waals surface area (Å²) in [6.07, 6.45) is 1.52. The zero-order valence-corrected chi connectivity index (χ0v) is 13.1. The van der Waals surface area contributed by atoms with Crippen LogP contribution in [0.3, 0.4) is 0 Å². The molecule has 0 amide bonds. The predicted molar refractivity (Wildman–Crippen MR) is 92.3 cm³/mol. The van der Waals surface area contributed by atoms with Crippen LogP contribution in [0.2, 0.25) is 0 Å². The number of rotatable bonds is 4. The first-order valence-corrected chi connectivity index (χ1v) is 7.59. The normalized spacial score (nSPS) is 12.0. The van der Waals surface area contributed by atoms with E-state index in [1.165, 1.54) is 11.9 Å². The van der Waals surface area contributed by atoms with E-state index in [0.29, 0.717) is 5.82 Å². The monoisotopic (exact) mass is 320 g/mol. The summed E-state index contributed by atoms with van der Waals surface area (Å²) in [4.78, 5) is 8.51. The number of hydrogen-bond acceptors (Lipinski definition) is 6. The molecule has 0 unspecified atom stereocenters. The molecule has 2 aromatic carbocycles. The van der Waals surface area contributed by atoms with Crippen molar-refractivity contribution in [3.05, 3.63) is 60.4 Å². The average Bonchev–Trinajstić information content (AvgIpc) is 3.03. The van der Waals surface area contributed by atoms with Gasteiger partial charge >= 0.3 is 0 Å². The van der Waals surface area contributed by atoms with Gasteiger partial charge in [-0.15, -0.1) is 0 Å². The Morgan fingerprint density at radius 3 is 2.38 bits per heavy atom. The van der Waals surface area contributed by atoms with Crippen molar-refractivity contribution in [1.29, 1.82) is 0 Å². The molecule has 0 radical (unpaired) electrons. The summed E-state index contributed by atoms with van der Waals surface area (Å²) in [6, 6.07) is 15.7. The maximum atomic E-state index is 5.38. The number of fused-ring (bicyclic) bond motifs is 1. The summed E-state index contributed by atoms with van der Waals surface area (Å²) in [5.74, 6) is 2.90. The highest BCUT2D eigenvalue weighted by atomic mass is 16.7. The van der Waals surface area contributed by atoms with Crippen molar-refractivity contribution in [3.63, 3.8) is 0 Å². The molecule has 3 aromatic rings. The molecular weight excluding hydrogens is 304 g/mol. The molecule has 0 atom stereocenters. The van der Waals surface area contributed by atoms with Gasteiger partial charge in [-0.05, 0) is 36.8 Å². The second-order valence-corrected chi connectivity index (χ2v) is 5.48. The van der Waals surface area contributed by atoms with Gasteiger partial charge < -0.3 is 20.1 Å². The van der Waals surface area contributed by atoms with E-state index >= 15 is 0 Å². The van der Waals surface area contributed by atoms with Gasteiger partial charge in [0.2, 0.25) is 6.79 Å². The molecule has 0 spiro atoms. The molecule has 6 nitrogen and oxygen atoms in total. The number of aryl methyl sites for hydroxylation is 1. The summed E-state index contributed by atoms with van der Waals surface area (Å²) in [6.45, 7) is 2.31. The minimum atomic E-state index is 0.261.